The first-order valence-electron chi connectivity index (χ1n) is 8.80. The highest BCUT2D eigenvalue weighted by atomic mass is 16.1. The van der Waals surface area contributed by atoms with Crippen molar-refractivity contribution in [2.45, 2.75) is 44.7 Å². The topological polar surface area (TPSA) is 92.6 Å². The van der Waals surface area contributed by atoms with Gasteiger partial charge in [-0.15, -0.1) is 0 Å². The Bertz CT molecular complexity index is 992. The summed E-state index contributed by atoms with van der Waals surface area (Å²) in [6, 6.07) is 1.97. The average Bonchev–Trinajstić information content (AvgIpc) is 3.34. The molecule has 1 fully saturated rings. The number of aromatic amines is 1. The zero-order valence-electron chi connectivity index (χ0n) is 13.9. The zero-order valence-corrected chi connectivity index (χ0v) is 13.9. The minimum atomic E-state index is 0.00174. The molecule has 8 nitrogen and oxygen atoms in total. The number of hydrogen-bond acceptors (Lipinski definition) is 6. The number of nitrogens with zero attached hydrogens (tertiary/aromatic N) is 6. The Morgan fingerprint density at radius 3 is 3.12 bits per heavy atom. The Balaban J connectivity index is 1.48. The number of fused-ring (bicyclic) bond motifs is 2. The molecule has 1 aliphatic carbocycles. The minimum absolute atomic E-state index is 0.00174. The molecule has 3 aromatic heterocycles. The monoisotopic (exact) mass is 337 g/mol. The molecule has 1 unspecified atom stereocenters. The molecule has 1 saturated heterocycles. The maximum atomic E-state index is 12.4. The van der Waals surface area contributed by atoms with Gasteiger partial charge in [0.05, 0.1) is 24.6 Å². The van der Waals surface area contributed by atoms with E-state index in [1.165, 1.54) is 0 Å². The molecule has 3 aromatic rings. The van der Waals surface area contributed by atoms with Crippen molar-refractivity contribution >= 4 is 17.0 Å². The average molecular weight is 337 g/mol. The molecule has 2 aliphatic rings. The molecule has 4 heterocycles. The van der Waals surface area contributed by atoms with Gasteiger partial charge in [-0.25, -0.2) is 19.6 Å². The molecule has 1 atom stereocenters. The first-order valence-corrected chi connectivity index (χ1v) is 8.80. The van der Waals surface area contributed by atoms with Crippen molar-refractivity contribution in [2.75, 3.05) is 11.4 Å². The number of H-pyrrole nitrogens is 1. The summed E-state index contributed by atoms with van der Waals surface area (Å²) < 4.78 is 1.64. The molecule has 5 rings (SSSR count). The second-order valence-electron chi connectivity index (χ2n) is 6.78. The van der Waals surface area contributed by atoms with Crippen LogP contribution in [0.4, 0.5) is 5.82 Å². The summed E-state index contributed by atoms with van der Waals surface area (Å²) in [6.07, 6.45) is 8.33. The molecule has 0 bridgehead atoms. The predicted molar refractivity (Wildman–Crippen MR) is 92.6 cm³/mol. The highest BCUT2D eigenvalue weighted by Gasteiger charge is 2.29. The third kappa shape index (κ3) is 2.40. The van der Waals surface area contributed by atoms with Gasteiger partial charge in [0.2, 0.25) is 0 Å². The van der Waals surface area contributed by atoms with Gasteiger partial charge in [0.1, 0.15) is 11.8 Å². The molecular formula is C17H19N7O. The largest absolute Gasteiger partial charge is 0.350 e. The molecule has 0 saturated carbocycles. The molecule has 0 amide bonds. The molecule has 25 heavy (non-hydrogen) atoms. The molecule has 0 spiro atoms. The molecular weight excluding hydrogens is 318 g/mol. The zero-order chi connectivity index (χ0) is 16.8. The summed E-state index contributed by atoms with van der Waals surface area (Å²) in [4.78, 5) is 30.7. The SMILES string of the molecule is O=c1cc2c(nn1CC1CCCN1c1ncnc3nc[nH]c13)CCC2. The van der Waals surface area contributed by atoms with E-state index in [1.54, 1.807) is 23.4 Å². The Hall–Kier alpha value is -2.77. The number of aryl methyl sites for hydroxylation is 2. The Morgan fingerprint density at radius 1 is 1.20 bits per heavy atom. The van der Waals surface area contributed by atoms with Gasteiger partial charge in [-0.2, -0.15) is 5.10 Å². The van der Waals surface area contributed by atoms with E-state index in [2.05, 4.69) is 29.9 Å². The van der Waals surface area contributed by atoms with Crippen LogP contribution in [0.15, 0.2) is 23.5 Å². The summed E-state index contributed by atoms with van der Waals surface area (Å²) in [5.41, 5.74) is 3.73. The summed E-state index contributed by atoms with van der Waals surface area (Å²) in [6.45, 7) is 1.50. The van der Waals surface area contributed by atoms with Crippen LogP contribution < -0.4 is 10.5 Å². The number of aromatic nitrogens is 6. The van der Waals surface area contributed by atoms with Crippen LogP contribution >= 0.6 is 0 Å². The van der Waals surface area contributed by atoms with Crippen LogP contribution in [-0.2, 0) is 19.4 Å². The standard InChI is InChI=1S/C17H19N7O/c25-14-7-11-3-1-5-13(11)22-24(14)8-12-4-2-6-23(12)17-15-16(19-9-18-15)20-10-21-17/h7,9-10,12H,1-6,8H2,(H,18,19,20,21). The number of hydrogen-bond donors (Lipinski definition) is 1. The van der Waals surface area contributed by atoms with Gasteiger partial charge in [-0.3, -0.25) is 4.79 Å². The van der Waals surface area contributed by atoms with E-state index in [1.807, 2.05) is 0 Å². The van der Waals surface area contributed by atoms with Crippen LogP contribution in [0.5, 0.6) is 0 Å². The number of imidazole rings is 1. The first kappa shape index (κ1) is 14.6. The number of nitrogens with one attached hydrogen (secondary N) is 1. The van der Waals surface area contributed by atoms with Crippen molar-refractivity contribution in [3.8, 4) is 0 Å². The van der Waals surface area contributed by atoms with Gasteiger partial charge < -0.3 is 9.88 Å². The van der Waals surface area contributed by atoms with Crippen LogP contribution in [0.2, 0.25) is 0 Å². The lowest BCUT2D eigenvalue weighted by atomic mass is 10.2. The highest BCUT2D eigenvalue weighted by molar-refractivity contribution is 5.82. The van der Waals surface area contributed by atoms with Crippen LogP contribution in [0.1, 0.15) is 30.5 Å². The second-order valence-corrected chi connectivity index (χ2v) is 6.78. The van der Waals surface area contributed by atoms with Gasteiger partial charge in [-0.1, -0.05) is 0 Å². The lowest BCUT2D eigenvalue weighted by molar-refractivity contribution is 0.482. The van der Waals surface area contributed by atoms with Crippen molar-refractivity contribution < 1.29 is 0 Å². The van der Waals surface area contributed by atoms with E-state index in [4.69, 9.17) is 0 Å². The van der Waals surface area contributed by atoms with Crippen LogP contribution in [0.3, 0.4) is 0 Å². The van der Waals surface area contributed by atoms with E-state index < -0.39 is 0 Å². The van der Waals surface area contributed by atoms with Gasteiger partial charge >= 0.3 is 0 Å². The maximum absolute atomic E-state index is 12.4. The van der Waals surface area contributed by atoms with E-state index >= 15 is 0 Å². The lowest BCUT2D eigenvalue weighted by Gasteiger charge is -2.26. The van der Waals surface area contributed by atoms with E-state index in [-0.39, 0.29) is 11.6 Å². The normalized spacial score (nSPS) is 19.7. The molecule has 0 radical (unpaired) electrons. The molecule has 128 valence electrons. The molecule has 8 heteroatoms. The van der Waals surface area contributed by atoms with Crippen molar-refractivity contribution in [1.82, 2.24) is 29.7 Å². The fourth-order valence-corrected chi connectivity index (χ4v) is 4.04. The van der Waals surface area contributed by atoms with Crippen molar-refractivity contribution in [2.24, 2.45) is 0 Å². The lowest BCUT2D eigenvalue weighted by Crippen LogP contribution is -2.38. The predicted octanol–water partition coefficient (Wildman–Crippen LogP) is 1.07. The maximum Gasteiger partial charge on any atom is 0.267 e. The summed E-state index contributed by atoms with van der Waals surface area (Å²) in [5.74, 6) is 0.860. The smallest absolute Gasteiger partial charge is 0.267 e. The van der Waals surface area contributed by atoms with Crippen LogP contribution in [0.25, 0.3) is 11.2 Å². The van der Waals surface area contributed by atoms with Crippen LogP contribution in [-0.4, -0.2) is 42.3 Å². The van der Waals surface area contributed by atoms with Crippen molar-refractivity contribution in [3.63, 3.8) is 0 Å². The van der Waals surface area contributed by atoms with Crippen molar-refractivity contribution in [1.29, 1.82) is 0 Å². The third-order valence-corrected chi connectivity index (χ3v) is 5.26. The molecule has 1 aliphatic heterocycles. The van der Waals surface area contributed by atoms with E-state index in [0.29, 0.717) is 12.2 Å². The Kier molecular flexibility index (Phi) is 3.29. The Labute approximate surface area is 143 Å². The highest BCUT2D eigenvalue weighted by Crippen LogP contribution is 2.28. The molecule has 1 N–H and O–H groups in total. The van der Waals surface area contributed by atoms with E-state index in [0.717, 1.165) is 61.2 Å². The molecule has 0 aromatic carbocycles. The van der Waals surface area contributed by atoms with Gasteiger partial charge in [0.15, 0.2) is 11.5 Å². The van der Waals surface area contributed by atoms with E-state index in [9.17, 15) is 4.79 Å². The van der Waals surface area contributed by atoms with Crippen molar-refractivity contribution in [3.05, 3.63) is 40.3 Å². The number of anilines is 1. The quantitative estimate of drug-likeness (QED) is 0.768. The van der Waals surface area contributed by atoms with Crippen LogP contribution in [0, 0.1) is 0 Å². The fraction of sp³-hybridized carbons (Fsp3) is 0.471. The Morgan fingerprint density at radius 2 is 2.16 bits per heavy atom. The fourth-order valence-electron chi connectivity index (χ4n) is 4.04. The summed E-state index contributed by atoms with van der Waals surface area (Å²) >= 11 is 0. The number of rotatable bonds is 3. The summed E-state index contributed by atoms with van der Waals surface area (Å²) in [7, 11) is 0. The second kappa shape index (κ2) is 5.65. The van der Waals surface area contributed by atoms with Gasteiger partial charge in [0, 0.05) is 12.6 Å². The third-order valence-electron chi connectivity index (χ3n) is 5.26. The van der Waals surface area contributed by atoms with Gasteiger partial charge in [0.25, 0.3) is 5.56 Å². The van der Waals surface area contributed by atoms with Gasteiger partial charge in [-0.05, 0) is 37.7 Å². The minimum Gasteiger partial charge on any atom is -0.350 e. The first-order chi connectivity index (χ1) is 12.3. The summed E-state index contributed by atoms with van der Waals surface area (Å²) in [5, 5.41) is 4.62.